The van der Waals surface area contributed by atoms with E-state index in [9.17, 15) is 13.2 Å². The van der Waals surface area contributed by atoms with Crippen LogP contribution in [0.4, 0.5) is 0 Å². The molecular formula is C16H27N5O4S. The molecule has 0 unspecified atom stereocenters. The number of likely N-dealkylation sites (N-methyl/N-ethyl adjacent to an activating group) is 1. The fourth-order valence-corrected chi connectivity index (χ4v) is 2.35. The van der Waals surface area contributed by atoms with Crippen molar-refractivity contribution < 1.29 is 17.9 Å². The molecule has 0 aromatic heterocycles. The van der Waals surface area contributed by atoms with Crippen molar-refractivity contribution in [2.24, 2.45) is 10.1 Å². The van der Waals surface area contributed by atoms with Gasteiger partial charge in [0.2, 0.25) is 15.9 Å². The van der Waals surface area contributed by atoms with E-state index in [0.717, 1.165) is 5.56 Å². The summed E-state index contributed by atoms with van der Waals surface area (Å²) in [5.74, 6) is 0.386. The summed E-state index contributed by atoms with van der Waals surface area (Å²) in [5.41, 5.74) is 0.808. The molecule has 0 aliphatic rings. The Kier molecular flexibility index (Phi) is 9.03. The van der Waals surface area contributed by atoms with Gasteiger partial charge >= 0.3 is 0 Å². The van der Waals surface area contributed by atoms with Gasteiger partial charge < -0.3 is 20.3 Å². The molecule has 0 aliphatic carbocycles. The Morgan fingerprint density at radius 3 is 2.42 bits per heavy atom. The van der Waals surface area contributed by atoms with Crippen LogP contribution in [0, 0.1) is 0 Å². The maximum Gasteiger partial charge on any atom is 0.241 e. The van der Waals surface area contributed by atoms with Crippen molar-refractivity contribution >= 4 is 21.9 Å². The Labute approximate surface area is 154 Å². The highest BCUT2D eigenvalue weighted by molar-refractivity contribution is 7.89. The van der Waals surface area contributed by atoms with Gasteiger partial charge in [0.1, 0.15) is 0 Å². The minimum atomic E-state index is -3.71. The lowest BCUT2D eigenvalue weighted by Gasteiger charge is -2.15. The van der Waals surface area contributed by atoms with E-state index in [1.807, 2.05) is 6.92 Å². The summed E-state index contributed by atoms with van der Waals surface area (Å²) in [6.45, 7) is 4.01. The summed E-state index contributed by atoms with van der Waals surface area (Å²) in [7, 11) is -0.357. The van der Waals surface area contributed by atoms with E-state index in [0.29, 0.717) is 32.3 Å². The van der Waals surface area contributed by atoms with Crippen molar-refractivity contribution in [3.63, 3.8) is 0 Å². The number of nitrogens with one attached hydrogen (secondary N) is 2. The maximum absolute atomic E-state index is 11.7. The predicted octanol–water partition coefficient (Wildman–Crippen LogP) is -0.506. The summed E-state index contributed by atoms with van der Waals surface area (Å²) < 4.78 is 27.8. The Morgan fingerprint density at radius 1 is 1.23 bits per heavy atom. The first-order chi connectivity index (χ1) is 12.2. The van der Waals surface area contributed by atoms with Crippen molar-refractivity contribution in [2.45, 2.75) is 18.4 Å². The number of rotatable bonds is 9. The van der Waals surface area contributed by atoms with Crippen LogP contribution in [0.1, 0.15) is 12.5 Å². The number of hydrogen-bond acceptors (Lipinski definition) is 5. The lowest BCUT2D eigenvalue weighted by atomic mass is 10.2. The van der Waals surface area contributed by atoms with Crippen LogP contribution in [0.2, 0.25) is 0 Å². The van der Waals surface area contributed by atoms with Crippen LogP contribution in [0.3, 0.4) is 0 Å². The van der Waals surface area contributed by atoms with Crippen molar-refractivity contribution in [1.82, 2.24) is 15.5 Å². The summed E-state index contributed by atoms with van der Waals surface area (Å²) in [6, 6.07) is 6.16. The molecule has 0 saturated heterocycles. The van der Waals surface area contributed by atoms with Gasteiger partial charge in [0, 0.05) is 27.2 Å². The molecule has 0 bridgehead atoms. The minimum Gasteiger partial charge on any atom is -0.380 e. The number of hydrogen-bond donors (Lipinski definition) is 3. The van der Waals surface area contributed by atoms with E-state index in [1.54, 1.807) is 26.2 Å². The molecule has 0 radical (unpaired) electrons. The van der Waals surface area contributed by atoms with Crippen molar-refractivity contribution in [3.8, 4) is 0 Å². The van der Waals surface area contributed by atoms with Gasteiger partial charge in [-0.1, -0.05) is 12.1 Å². The molecule has 1 rings (SSSR count). The number of benzene rings is 1. The van der Waals surface area contributed by atoms with Gasteiger partial charge in [0.05, 0.1) is 24.6 Å². The average Bonchev–Trinajstić information content (AvgIpc) is 2.59. The van der Waals surface area contributed by atoms with Gasteiger partial charge in [-0.3, -0.25) is 4.79 Å². The molecule has 10 heteroatoms. The lowest BCUT2D eigenvalue weighted by molar-refractivity contribution is -0.127. The molecule has 4 N–H and O–H groups in total. The number of guanidine groups is 1. The fraction of sp³-hybridized carbons (Fsp3) is 0.500. The molecule has 1 amide bonds. The Hall–Kier alpha value is -2.17. The van der Waals surface area contributed by atoms with E-state index >= 15 is 0 Å². The number of carbonyl (C=O) groups excluding carboxylic acids is 1. The van der Waals surface area contributed by atoms with E-state index in [1.165, 1.54) is 17.0 Å². The summed E-state index contributed by atoms with van der Waals surface area (Å²) >= 11 is 0. The second kappa shape index (κ2) is 10.7. The zero-order valence-corrected chi connectivity index (χ0v) is 16.2. The van der Waals surface area contributed by atoms with E-state index in [-0.39, 0.29) is 17.3 Å². The summed E-state index contributed by atoms with van der Waals surface area (Å²) in [6.07, 6.45) is 0. The van der Waals surface area contributed by atoms with Gasteiger partial charge in [0.15, 0.2) is 5.96 Å². The van der Waals surface area contributed by atoms with Crippen LogP contribution >= 0.6 is 0 Å². The summed E-state index contributed by atoms with van der Waals surface area (Å²) in [4.78, 5) is 17.7. The molecule has 9 nitrogen and oxygen atoms in total. The summed E-state index contributed by atoms with van der Waals surface area (Å²) in [5, 5.41) is 11.1. The fourth-order valence-electron chi connectivity index (χ4n) is 1.83. The second-order valence-corrected chi connectivity index (χ2v) is 7.18. The molecule has 0 spiro atoms. The topological polar surface area (TPSA) is 126 Å². The van der Waals surface area contributed by atoms with Crippen LogP contribution < -0.4 is 15.8 Å². The van der Waals surface area contributed by atoms with Crippen molar-refractivity contribution in [1.29, 1.82) is 0 Å². The lowest BCUT2D eigenvalue weighted by Crippen LogP contribution is -2.43. The second-order valence-electron chi connectivity index (χ2n) is 5.62. The first kappa shape index (κ1) is 21.9. The molecule has 0 fully saturated rings. The Morgan fingerprint density at radius 2 is 1.88 bits per heavy atom. The first-order valence-electron chi connectivity index (χ1n) is 8.16. The number of primary sulfonamides is 1. The monoisotopic (exact) mass is 385 g/mol. The molecule has 0 heterocycles. The largest absolute Gasteiger partial charge is 0.380 e. The quantitative estimate of drug-likeness (QED) is 0.299. The molecule has 0 atom stereocenters. The Balaban J connectivity index is 2.72. The normalized spacial score (nSPS) is 11.9. The number of ether oxygens (including phenoxy) is 1. The van der Waals surface area contributed by atoms with Crippen LogP contribution in [0.25, 0.3) is 0 Å². The highest BCUT2D eigenvalue weighted by atomic mass is 32.2. The third-order valence-corrected chi connectivity index (χ3v) is 4.25. The van der Waals surface area contributed by atoms with Crippen LogP contribution in [0.5, 0.6) is 0 Å². The number of amides is 1. The number of sulfonamides is 1. The molecule has 0 saturated carbocycles. The van der Waals surface area contributed by atoms with Crippen LogP contribution in [-0.2, 0) is 26.1 Å². The predicted molar refractivity (Wildman–Crippen MR) is 100 cm³/mol. The maximum atomic E-state index is 11.7. The zero-order chi connectivity index (χ0) is 19.6. The average molecular weight is 385 g/mol. The van der Waals surface area contributed by atoms with Crippen molar-refractivity contribution in [2.75, 3.05) is 40.4 Å². The standard InChI is InChI=1S/C16H27N5O4S/c1-4-25-10-9-18-16(20-12-15(22)21(2)3)19-11-13-5-7-14(8-6-13)26(17,23)24/h5-8H,4,9-12H2,1-3H3,(H2,17,23,24)(H2,18,19,20). The van der Waals surface area contributed by atoms with Crippen molar-refractivity contribution in [3.05, 3.63) is 29.8 Å². The van der Waals surface area contributed by atoms with E-state index in [2.05, 4.69) is 15.6 Å². The highest BCUT2D eigenvalue weighted by Crippen LogP contribution is 2.09. The van der Waals surface area contributed by atoms with Gasteiger partial charge in [-0.15, -0.1) is 0 Å². The Bertz CT molecular complexity index is 702. The number of aliphatic imine (C=N–C) groups is 1. The molecule has 1 aromatic carbocycles. The van der Waals surface area contributed by atoms with E-state index < -0.39 is 10.0 Å². The van der Waals surface area contributed by atoms with Gasteiger partial charge in [-0.2, -0.15) is 0 Å². The minimum absolute atomic E-state index is 0.0509. The third kappa shape index (κ3) is 8.28. The number of carbonyl (C=O) groups is 1. The number of nitrogens with two attached hydrogens (primary N) is 1. The molecule has 0 aliphatic heterocycles. The zero-order valence-electron chi connectivity index (χ0n) is 15.4. The molecular weight excluding hydrogens is 358 g/mol. The smallest absolute Gasteiger partial charge is 0.241 e. The van der Waals surface area contributed by atoms with Gasteiger partial charge in [0.25, 0.3) is 0 Å². The molecule has 146 valence electrons. The highest BCUT2D eigenvalue weighted by Gasteiger charge is 2.08. The van der Waals surface area contributed by atoms with Crippen LogP contribution in [0.15, 0.2) is 34.2 Å². The van der Waals surface area contributed by atoms with E-state index in [4.69, 9.17) is 9.88 Å². The van der Waals surface area contributed by atoms with Gasteiger partial charge in [-0.05, 0) is 24.6 Å². The number of nitrogens with zero attached hydrogens (tertiary/aromatic N) is 2. The molecule has 26 heavy (non-hydrogen) atoms. The third-order valence-electron chi connectivity index (χ3n) is 3.32. The molecule has 1 aromatic rings. The first-order valence-corrected chi connectivity index (χ1v) is 9.70. The SMILES string of the molecule is CCOCCNC(=NCc1ccc(S(N)(=O)=O)cc1)NCC(=O)N(C)C. The van der Waals surface area contributed by atoms with Gasteiger partial charge in [-0.25, -0.2) is 18.5 Å². The van der Waals surface area contributed by atoms with Crippen LogP contribution in [-0.4, -0.2) is 65.6 Å².